The highest BCUT2D eigenvalue weighted by molar-refractivity contribution is 7.24. The van der Waals surface area contributed by atoms with Crippen LogP contribution in [0.2, 0.25) is 13.1 Å². The first-order valence-electron chi connectivity index (χ1n) is 3.85. The fraction of sp³-hybridized carbons (Fsp3) is 0.500. The summed E-state index contributed by atoms with van der Waals surface area (Å²) in [4.78, 5) is 0. The molecule has 0 saturated heterocycles. The van der Waals surface area contributed by atoms with Crippen LogP contribution >= 0.6 is 11.3 Å². The van der Waals surface area contributed by atoms with Crippen LogP contribution in [0, 0.1) is 0 Å². The Balaban J connectivity index is 2.73. The molecule has 0 aliphatic rings. The largest absolute Gasteiger partial charge is 0.412 e. The normalized spacial score (nSPS) is 11.9. The van der Waals surface area contributed by atoms with Crippen molar-refractivity contribution in [2.75, 3.05) is 6.61 Å². The van der Waals surface area contributed by atoms with Gasteiger partial charge in [0, 0.05) is 11.1 Å². The van der Waals surface area contributed by atoms with Gasteiger partial charge < -0.3 is 4.43 Å². The van der Waals surface area contributed by atoms with Crippen LogP contribution < -0.4 is 4.50 Å². The summed E-state index contributed by atoms with van der Waals surface area (Å²) in [6, 6.07) is 4.26. The van der Waals surface area contributed by atoms with E-state index < -0.39 is 8.32 Å². The Kier molecular flexibility index (Phi) is 2.87. The molecule has 0 saturated carbocycles. The number of hydrogen-bond acceptors (Lipinski definition) is 2. The van der Waals surface area contributed by atoms with Crippen LogP contribution in [0.25, 0.3) is 0 Å². The van der Waals surface area contributed by atoms with Gasteiger partial charge in [-0.3, -0.25) is 0 Å². The summed E-state index contributed by atoms with van der Waals surface area (Å²) in [6.07, 6.45) is 0. The molecule has 0 atom stereocenters. The molecule has 1 rings (SSSR count). The van der Waals surface area contributed by atoms with E-state index in [0.29, 0.717) is 0 Å². The van der Waals surface area contributed by atoms with Gasteiger partial charge in [0.15, 0.2) is 0 Å². The molecule has 0 aliphatic carbocycles. The van der Waals surface area contributed by atoms with E-state index in [2.05, 4.69) is 37.5 Å². The molecule has 0 amide bonds. The van der Waals surface area contributed by atoms with Crippen LogP contribution in [-0.4, -0.2) is 14.9 Å². The maximum absolute atomic E-state index is 5.72. The van der Waals surface area contributed by atoms with Crippen molar-refractivity contribution in [3.63, 3.8) is 0 Å². The lowest BCUT2D eigenvalue weighted by Gasteiger charge is -2.19. The van der Waals surface area contributed by atoms with E-state index in [1.165, 1.54) is 4.50 Å². The second-order valence-electron chi connectivity index (χ2n) is 2.92. The Morgan fingerprint density at radius 2 is 2.27 bits per heavy atom. The highest BCUT2D eigenvalue weighted by Crippen LogP contribution is 2.08. The van der Waals surface area contributed by atoms with E-state index in [0.717, 1.165) is 6.61 Å². The zero-order valence-electron chi connectivity index (χ0n) is 7.26. The Morgan fingerprint density at radius 3 is 2.73 bits per heavy atom. The zero-order valence-corrected chi connectivity index (χ0v) is 9.07. The van der Waals surface area contributed by atoms with Gasteiger partial charge in [0.05, 0.1) is 0 Å². The third kappa shape index (κ3) is 2.15. The third-order valence-corrected chi connectivity index (χ3v) is 6.50. The highest BCUT2D eigenvalue weighted by Gasteiger charge is 2.25. The molecule has 3 heteroatoms. The average molecular weight is 186 g/mol. The first-order valence-corrected chi connectivity index (χ1v) is 7.63. The van der Waals surface area contributed by atoms with E-state index in [-0.39, 0.29) is 0 Å². The van der Waals surface area contributed by atoms with E-state index >= 15 is 0 Å². The average Bonchev–Trinajstić information content (AvgIpc) is 2.37. The van der Waals surface area contributed by atoms with E-state index in [1.807, 2.05) is 0 Å². The first kappa shape index (κ1) is 8.97. The zero-order chi connectivity index (χ0) is 8.32. The van der Waals surface area contributed by atoms with Crippen molar-refractivity contribution in [3.05, 3.63) is 17.5 Å². The molecule has 0 bridgehead atoms. The minimum absolute atomic E-state index is 0.830. The predicted octanol–water partition coefficient (Wildman–Crippen LogP) is 2.20. The molecule has 0 N–H and O–H groups in total. The lowest BCUT2D eigenvalue weighted by Crippen LogP contribution is -2.42. The molecule has 1 nitrogen and oxygen atoms in total. The molecule has 0 radical (unpaired) electrons. The molecule has 0 unspecified atom stereocenters. The van der Waals surface area contributed by atoms with Crippen molar-refractivity contribution < 1.29 is 4.43 Å². The third-order valence-electron chi connectivity index (χ3n) is 1.62. The van der Waals surface area contributed by atoms with Crippen LogP contribution in [0.5, 0.6) is 0 Å². The van der Waals surface area contributed by atoms with E-state index in [1.54, 1.807) is 11.3 Å². The molecule has 1 aromatic rings. The second kappa shape index (κ2) is 3.52. The summed E-state index contributed by atoms with van der Waals surface area (Å²) in [5, 5.41) is 2.11. The van der Waals surface area contributed by atoms with Gasteiger partial charge >= 0.3 is 0 Å². The minimum Gasteiger partial charge on any atom is -0.412 e. The van der Waals surface area contributed by atoms with Crippen molar-refractivity contribution in [3.8, 4) is 0 Å². The predicted molar refractivity (Wildman–Crippen MR) is 53.1 cm³/mol. The first-order chi connectivity index (χ1) is 5.17. The van der Waals surface area contributed by atoms with Crippen LogP contribution in [0.4, 0.5) is 0 Å². The number of hydrogen-bond donors (Lipinski definition) is 0. The SMILES string of the molecule is CCO[Si](C)(C)c1cccs1. The summed E-state index contributed by atoms with van der Waals surface area (Å²) in [5.74, 6) is 0. The second-order valence-corrected chi connectivity index (χ2v) is 8.08. The number of thiophene rings is 1. The number of rotatable bonds is 3. The summed E-state index contributed by atoms with van der Waals surface area (Å²) in [5.41, 5.74) is 0. The lowest BCUT2D eigenvalue weighted by atomic mass is 10.7. The molecule has 62 valence electrons. The Labute approximate surface area is 73.1 Å². The summed E-state index contributed by atoms with van der Waals surface area (Å²) in [6.45, 7) is 7.37. The summed E-state index contributed by atoms with van der Waals surface area (Å²) >= 11 is 1.81. The van der Waals surface area contributed by atoms with Gasteiger partial charge in [0.25, 0.3) is 0 Å². The van der Waals surface area contributed by atoms with Crippen molar-refractivity contribution in [2.45, 2.75) is 20.0 Å². The van der Waals surface area contributed by atoms with Gasteiger partial charge in [-0.1, -0.05) is 6.07 Å². The monoisotopic (exact) mass is 186 g/mol. The lowest BCUT2D eigenvalue weighted by molar-refractivity contribution is 0.339. The topological polar surface area (TPSA) is 9.23 Å². The molecule has 1 heterocycles. The van der Waals surface area contributed by atoms with Gasteiger partial charge in [-0.05, 0) is 31.5 Å². The molecule has 0 fully saturated rings. The smallest absolute Gasteiger partial charge is 0.228 e. The van der Waals surface area contributed by atoms with Gasteiger partial charge in [-0.2, -0.15) is 11.3 Å². The Hall–Kier alpha value is -0.123. The molecule has 0 spiro atoms. The summed E-state index contributed by atoms with van der Waals surface area (Å²) < 4.78 is 7.15. The molecule has 11 heavy (non-hydrogen) atoms. The highest BCUT2D eigenvalue weighted by atomic mass is 32.1. The summed E-state index contributed by atoms with van der Waals surface area (Å²) in [7, 11) is -1.51. The van der Waals surface area contributed by atoms with Gasteiger partial charge in [-0.25, -0.2) is 0 Å². The van der Waals surface area contributed by atoms with Gasteiger partial charge in [0.2, 0.25) is 8.32 Å². The van der Waals surface area contributed by atoms with Crippen LogP contribution in [0.1, 0.15) is 6.92 Å². The van der Waals surface area contributed by atoms with Crippen molar-refractivity contribution in [1.82, 2.24) is 0 Å². The van der Waals surface area contributed by atoms with E-state index in [4.69, 9.17) is 4.43 Å². The van der Waals surface area contributed by atoms with E-state index in [9.17, 15) is 0 Å². The van der Waals surface area contributed by atoms with Gasteiger partial charge in [0.1, 0.15) is 0 Å². The molecule has 0 aliphatic heterocycles. The van der Waals surface area contributed by atoms with Gasteiger partial charge in [-0.15, -0.1) is 0 Å². The van der Waals surface area contributed by atoms with Crippen molar-refractivity contribution in [1.29, 1.82) is 0 Å². The molecular weight excluding hydrogens is 172 g/mol. The molecule has 0 aromatic carbocycles. The minimum atomic E-state index is -1.51. The quantitative estimate of drug-likeness (QED) is 0.658. The van der Waals surface area contributed by atoms with Crippen LogP contribution in [0.3, 0.4) is 0 Å². The van der Waals surface area contributed by atoms with Crippen molar-refractivity contribution >= 4 is 24.2 Å². The fourth-order valence-corrected chi connectivity index (χ4v) is 4.39. The molecular formula is C8H14OSSi. The fourth-order valence-electron chi connectivity index (χ4n) is 1.05. The van der Waals surface area contributed by atoms with Crippen LogP contribution in [0.15, 0.2) is 17.5 Å². The van der Waals surface area contributed by atoms with Crippen molar-refractivity contribution in [2.24, 2.45) is 0 Å². The maximum atomic E-state index is 5.72. The standard InChI is InChI=1S/C8H14OSSi/c1-4-9-11(2,3)8-6-5-7-10-8/h5-7H,4H2,1-3H3. The maximum Gasteiger partial charge on any atom is 0.228 e. The Bertz CT molecular complexity index is 206. The molecule has 1 aromatic heterocycles. The van der Waals surface area contributed by atoms with Crippen LogP contribution in [-0.2, 0) is 4.43 Å². The Morgan fingerprint density at radius 1 is 1.55 bits per heavy atom.